The molecule has 2 rings (SSSR count). The fourth-order valence-electron chi connectivity index (χ4n) is 2.25. The summed E-state index contributed by atoms with van der Waals surface area (Å²) in [5.74, 6) is -0.0471. The quantitative estimate of drug-likeness (QED) is 0.920. The van der Waals surface area contributed by atoms with E-state index in [1.54, 1.807) is 14.0 Å². The van der Waals surface area contributed by atoms with E-state index in [0.29, 0.717) is 29.1 Å². The molecule has 0 fully saturated rings. The first-order chi connectivity index (χ1) is 10.9. The summed E-state index contributed by atoms with van der Waals surface area (Å²) in [4.78, 5) is 25.9. The molecule has 2 amide bonds. The third-order valence-electron chi connectivity index (χ3n) is 3.54. The van der Waals surface area contributed by atoms with Crippen molar-refractivity contribution in [1.82, 2.24) is 10.1 Å². The fraction of sp³-hybridized carbons (Fsp3) is 0.353. The van der Waals surface area contributed by atoms with Gasteiger partial charge in [0, 0.05) is 12.7 Å². The maximum absolute atomic E-state index is 12.5. The predicted octanol–water partition coefficient (Wildman–Crippen LogP) is 2.56. The molecule has 1 heterocycles. The van der Waals surface area contributed by atoms with Crippen LogP contribution in [0.25, 0.3) is 0 Å². The van der Waals surface area contributed by atoms with Gasteiger partial charge in [-0.1, -0.05) is 29.8 Å². The number of amides is 2. The molecule has 1 N–H and O–H groups in total. The van der Waals surface area contributed by atoms with E-state index in [1.165, 1.54) is 4.90 Å². The molecule has 0 spiro atoms. The van der Waals surface area contributed by atoms with Gasteiger partial charge in [0.2, 0.25) is 5.91 Å². The Labute approximate surface area is 135 Å². The molecule has 6 nitrogen and oxygen atoms in total. The van der Waals surface area contributed by atoms with Crippen molar-refractivity contribution in [2.75, 3.05) is 18.9 Å². The van der Waals surface area contributed by atoms with Crippen molar-refractivity contribution in [3.8, 4) is 0 Å². The molecular weight excluding hydrogens is 294 g/mol. The van der Waals surface area contributed by atoms with E-state index in [9.17, 15) is 9.59 Å². The van der Waals surface area contributed by atoms with Gasteiger partial charge in [0.05, 0.1) is 12.2 Å². The smallest absolute Gasteiger partial charge is 0.259 e. The van der Waals surface area contributed by atoms with Gasteiger partial charge in [0.1, 0.15) is 11.3 Å². The molecule has 0 radical (unpaired) electrons. The lowest BCUT2D eigenvalue weighted by Crippen LogP contribution is -2.35. The van der Waals surface area contributed by atoms with Gasteiger partial charge in [-0.2, -0.15) is 0 Å². The zero-order chi connectivity index (χ0) is 17.0. The van der Waals surface area contributed by atoms with Crippen LogP contribution >= 0.6 is 0 Å². The number of benzene rings is 1. The first-order valence-electron chi connectivity index (χ1n) is 7.49. The summed E-state index contributed by atoms with van der Waals surface area (Å²) in [7, 11) is 1.59. The van der Waals surface area contributed by atoms with Crippen molar-refractivity contribution in [2.24, 2.45) is 0 Å². The lowest BCUT2D eigenvalue weighted by molar-refractivity contribution is -0.116. The molecule has 6 heteroatoms. The summed E-state index contributed by atoms with van der Waals surface area (Å²) in [6.45, 7) is 5.53. The molecule has 0 bridgehead atoms. The van der Waals surface area contributed by atoms with Crippen LogP contribution in [-0.2, 0) is 11.2 Å². The standard InChI is InChI=1S/C17H21N3O3/c1-5-14-16(12(3)23-19-14)17(22)20(4)10-15(21)18-13-8-6-11(2)7-9-13/h6-9H,5,10H2,1-4H3,(H,18,21). The number of anilines is 1. The number of nitrogens with one attached hydrogen (secondary N) is 1. The summed E-state index contributed by atoms with van der Waals surface area (Å²) in [5, 5.41) is 6.64. The van der Waals surface area contributed by atoms with Crippen molar-refractivity contribution >= 4 is 17.5 Å². The molecule has 2 aromatic rings. The summed E-state index contributed by atoms with van der Waals surface area (Å²) < 4.78 is 5.07. The van der Waals surface area contributed by atoms with Crippen LogP contribution in [0.4, 0.5) is 5.69 Å². The number of hydrogen-bond donors (Lipinski definition) is 1. The highest BCUT2D eigenvalue weighted by Gasteiger charge is 2.23. The summed E-state index contributed by atoms with van der Waals surface area (Å²) in [6.07, 6.45) is 0.599. The minimum Gasteiger partial charge on any atom is -0.361 e. The monoisotopic (exact) mass is 315 g/mol. The number of hydrogen-bond acceptors (Lipinski definition) is 4. The van der Waals surface area contributed by atoms with Crippen LogP contribution in [-0.4, -0.2) is 35.5 Å². The Balaban J connectivity index is 2.01. The third kappa shape index (κ3) is 3.97. The molecule has 1 aromatic carbocycles. The van der Waals surface area contributed by atoms with Crippen molar-refractivity contribution in [2.45, 2.75) is 27.2 Å². The average molecular weight is 315 g/mol. The highest BCUT2D eigenvalue weighted by atomic mass is 16.5. The number of carbonyl (C=O) groups is 2. The van der Waals surface area contributed by atoms with Crippen LogP contribution in [0.5, 0.6) is 0 Å². The number of carbonyl (C=O) groups excluding carboxylic acids is 2. The van der Waals surface area contributed by atoms with E-state index in [-0.39, 0.29) is 18.4 Å². The first-order valence-corrected chi connectivity index (χ1v) is 7.49. The minimum absolute atomic E-state index is 0.0412. The van der Waals surface area contributed by atoms with Gasteiger partial charge in [-0.3, -0.25) is 9.59 Å². The second-order valence-corrected chi connectivity index (χ2v) is 5.49. The van der Waals surface area contributed by atoms with Gasteiger partial charge >= 0.3 is 0 Å². The lowest BCUT2D eigenvalue weighted by atomic mass is 10.1. The van der Waals surface area contributed by atoms with Crippen LogP contribution in [0, 0.1) is 13.8 Å². The van der Waals surface area contributed by atoms with Crippen molar-refractivity contribution < 1.29 is 14.1 Å². The Morgan fingerprint density at radius 2 is 1.87 bits per heavy atom. The number of aromatic nitrogens is 1. The molecule has 0 atom stereocenters. The molecule has 0 aliphatic carbocycles. The normalized spacial score (nSPS) is 10.4. The fourth-order valence-corrected chi connectivity index (χ4v) is 2.25. The van der Waals surface area contributed by atoms with Crippen molar-refractivity contribution in [3.63, 3.8) is 0 Å². The zero-order valence-electron chi connectivity index (χ0n) is 13.8. The van der Waals surface area contributed by atoms with Gasteiger partial charge in [-0.15, -0.1) is 0 Å². The molecular formula is C17H21N3O3. The van der Waals surface area contributed by atoms with E-state index in [2.05, 4.69) is 10.5 Å². The van der Waals surface area contributed by atoms with E-state index in [1.807, 2.05) is 38.1 Å². The zero-order valence-corrected chi connectivity index (χ0v) is 13.8. The summed E-state index contributed by atoms with van der Waals surface area (Å²) in [5.41, 5.74) is 2.87. The molecule has 0 saturated heterocycles. The van der Waals surface area contributed by atoms with Crippen LogP contribution in [0.1, 0.15) is 34.3 Å². The Morgan fingerprint density at radius 1 is 1.22 bits per heavy atom. The molecule has 0 aliphatic heterocycles. The van der Waals surface area contributed by atoms with Gasteiger partial charge < -0.3 is 14.7 Å². The first kappa shape index (κ1) is 16.7. The lowest BCUT2D eigenvalue weighted by Gasteiger charge is -2.17. The molecule has 0 unspecified atom stereocenters. The Kier molecular flexibility index (Phi) is 5.16. The van der Waals surface area contributed by atoms with Crippen LogP contribution in [0.15, 0.2) is 28.8 Å². The Hall–Kier alpha value is -2.63. The second-order valence-electron chi connectivity index (χ2n) is 5.49. The Bertz CT molecular complexity index is 704. The largest absolute Gasteiger partial charge is 0.361 e. The summed E-state index contributed by atoms with van der Waals surface area (Å²) in [6, 6.07) is 7.49. The number of likely N-dealkylation sites (N-methyl/N-ethyl adjacent to an activating group) is 1. The van der Waals surface area contributed by atoms with Gasteiger partial charge in [-0.05, 0) is 32.4 Å². The molecule has 23 heavy (non-hydrogen) atoms. The van der Waals surface area contributed by atoms with Gasteiger partial charge in [-0.25, -0.2) is 0 Å². The summed E-state index contributed by atoms with van der Waals surface area (Å²) >= 11 is 0. The van der Waals surface area contributed by atoms with Gasteiger partial charge in [0.15, 0.2) is 0 Å². The maximum atomic E-state index is 12.5. The minimum atomic E-state index is -0.264. The topological polar surface area (TPSA) is 75.4 Å². The van der Waals surface area contributed by atoms with E-state index >= 15 is 0 Å². The molecule has 0 aliphatic rings. The number of rotatable bonds is 5. The van der Waals surface area contributed by atoms with Gasteiger partial charge in [0.25, 0.3) is 5.91 Å². The van der Waals surface area contributed by atoms with Crippen LogP contribution in [0.2, 0.25) is 0 Å². The molecule has 0 saturated carbocycles. The predicted molar refractivity (Wildman–Crippen MR) is 87.4 cm³/mol. The Morgan fingerprint density at radius 3 is 2.48 bits per heavy atom. The third-order valence-corrected chi connectivity index (χ3v) is 3.54. The highest BCUT2D eigenvalue weighted by Crippen LogP contribution is 2.16. The number of nitrogens with zero attached hydrogens (tertiary/aromatic N) is 2. The van der Waals surface area contributed by atoms with E-state index < -0.39 is 0 Å². The highest BCUT2D eigenvalue weighted by molar-refractivity contribution is 6.00. The average Bonchev–Trinajstić information content (AvgIpc) is 2.89. The van der Waals surface area contributed by atoms with Crippen molar-refractivity contribution in [3.05, 3.63) is 46.8 Å². The van der Waals surface area contributed by atoms with Crippen LogP contribution in [0.3, 0.4) is 0 Å². The van der Waals surface area contributed by atoms with E-state index in [4.69, 9.17) is 4.52 Å². The maximum Gasteiger partial charge on any atom is 0.259 e. The SMILES string of the molecule is CCc1noc(C)c1C(=O)N(C)CC(=O)Nc1ccc(C)cc1. The van der Waals surface area contributed by atoms with Crippen LogP contribution < -0.4 is 5.32 Å². The molecule has 122 valence electrons. The van der Waals surface area contributed by atoms with E-state index in [0.717, 1.165) is 5.56 Å². The second kappa shape index (κ2) is 7.09. The molecule has 1 aromatic heterocycles. The van der Waals surface area contributed by atoms with Crippen molar-refractivity contribution in [1.29, 1.82) is 0 Å². The number of aryl methyl sites for hydroxylation is 3.